The van der Waals surface area contributed by atoms with Crippen molar-refractivity contribution in [3.8, 4) is 11.4 Å². The van der Waals surface area contributed by atoms with Gasteiger partial charge >= 0.3 is 6.03 Å². The number of urea groups is 1. The molecule has 2 N–H and O–H groups in total. The van der Waals surface area contributed by atoms with Gasteiger partial charge in [-0.1, -0.05) is 12.1 Å². The fourth-order valence-corrected chi connectivity index (χ4v) is 5.38. The molecule has 2 aromatic heterocycles. The van der Waals surface area contributed by atoms with E-state index in [9.17, 15) is 4.79 Å². The van der Waals surface area contributed by atoms with E-state index >= 15 is 0 Å². The van der Waals surface area contributed by atoms with Crippen molar-refractivity contribution in [2.75, 3.05) is 42.7 Å². The minimum absolute atomic E-state index is 0.255. The number of aryl methyl sites for hydroxylation is 1. The number of morpholine rings is 1. The second-order valence-electron chi connectivity index (χ2n) is 10.5. The number of anilines is 3. The van der Waals surface area contributed by atoms with E-state index in [0.29, 0.717) is 11.5 Å². The fraction of sp³-hybridized carbons (Fsp3) is 0.379. The van der Waals surface area contributed by atoms with Gasteiger partial charge in [0.05, 0.1) is 23.8 Å². The van der Waals surface area contributed by atoms with Crippen LogP contribution in [-0.2, 0) is 17.8 Å². The monoisotopic (exact) mass is 526 g/mol. The van der Waals surface area contributed by atoms with Gasteiger partial charge in [-0.3, -0.25) is 0 Å². The Morgan fingerprint density at radius 2 is 1.62 bits per heavy atom. The van der Waals surface area contributed by atoms with Crippen molar-refractivity contribution in [3.63, 3.8) is 0 Å². The van der Waals surface area contributed by atoms with Gasteiger partial charge in [-0.15, -0.1) is 0 Å². The van der Waals surface area contributed by atoms with Crippen LogP contribution in [0, 0.1) is 0 Å². The predicted molar refractivity (Wildman–Crippen MR) is 153 cm³/mol. The Kier molecular flexibility index (Phi) is 6.88. The van der Waals surface area contributed by atoms with Crippen molar-refractivity contribution in [2.24, 2.45) is 0 Å². The van der Waals surface area contributed by atoms with Crippen molar-refractivity contribution in [1.82, 2.24) is 24.6 Å². The number of ether oxygens (including phenoxy) is 1. The van der Waals surface area contributed by atoms with Gasteiger partial charge < -0.3 is 25.2 Å². The second kappa shape index (κ2) is 10.6. The maximum Gasteiger partial charge on any atom is 0.323 e. The van der Waals surface area contributed by atoms with E-state index in [0.717, 1.165) is 67.1 Å². The first kappa shape index (κ1) is 25.3. The topological polar surface area (TPSA) is 100 Å². The maximum absolute atomic E-state index is 12.6. The van der Waals surface area contributed by atoms with Gasteiger partial charge in [0, 0.05) is 43.1 Å². The number of benzene rings is 2. The Bertz CT molecular complexity index is 1450. The minimum Gasteiger partial charge on any atom is -0.371 e. The number of amides is 2. The highest BCUT2D eigenvalue weighted by molar-refractivity contribution is 5.99. The molecule has 2 atom stereocenters. The lowest BCUT2D eigenvalue weighted by Gasteiger charge is -2.33. The van der Waals surface area contributed by atoms with Gasteiger partial charge in [-0.05, 0) is 75.8 Å². The largest absolute Gasteiger partial charge is 0.371 e. The molecule has 10 nitrogen and oxygen atoms in total. The molecular formula is C29H34N8O2. The summed E-state index contributed by atoms with van der Waals surface area (Å²) in [6, 6.07) is 15.2. The van der Waals surface area contributed by atoms with Crippen LogP contribution in [-0.4, -0.2) is 70.1 Å². The van der Waals surface area contributed by atoms with Crippen LogP contribution in [0.3, 0.4) is 0 Å². The lowest BCUT2D eigenvalue weighted by Crippen LogP contribution is -2.43. The van der Waals surface area contributed by atoms with E-state index in [-0.39, 0.29) is 18.2 Å². The van der Waals surface area contributed by atoms with Gasteiger partial charge in [0.15, 0.2) is 11.5 Å². The third kappa shape index (κ3) is 5.43. The number of carbonyl (C=O) groups excluding carboxylic acids is 1. The molecule has 4 heterocycles. The minimum atomic E-state index is -0.295. The average molecular weight is 527 g/mol. The van der Waals surface area contributed by atoms with Crippen LogP contribution in [0.25, 0.3) is 22.4 Å². The summed E-state index contributed by atoms with van der Waals surface area (Å²) >= 11 is 0. The van der Waals surface area contributed by atoms with Gasteiger partial charge in [-0.25, -0.2) is 19.4 Å². The number of nitrogens with zero attached hydrogens (tertiary/aromatic N) is 6. The van der Waals surface area contributed by atoms with Gasteiger partial charge in [0.1, 0.15) is 5.82 Å². The second-order valence-corrected chi connectivity index (χ2v) is 10.5. The molecule has 2 saturated heterocycles. The fourth-order valence-electron chi connectivity index (χ4n) is 5.38. The molecule has 39 heavy (non-hydrogen) atoms. The molecule has 0 aliphatic carbocycles. The van der Waals surface area contributed by atoms with Crippen molar-refractivity contribution in [3.05, 3.63) is 60.3 Å². The van der Waals surface area contributed by atoms with Gasteiger partial charge in [0.2, 0.25) is 0 Å². The lowest BCUT2D eigenvalue weighted by molar-refractivity contribution is 0.0303. The van der Waals surface area contributed by atoms with Crippen molar-refractivity contribution in [2.45, 2.75) is 45.1 Å². The average Bonchev–Trinajstić information content (AvgIpc) is 3.50. The van der Waals surface area contributed by atoms with Crippen LogP contribution < -0.4 is 15.5 Å². The molecule has 2 aliphatic heterocycles. The Balaban J connectivity index is 1.19. The highest BCUT2D eigenvalue weighted by Gasteiger charge is 2.35. The lowest BCUT2D eigenvalue weighted by atomic mass is 10.2. The number of rotatable bonds is 7. The molecule has 2 aromatic carbocycles. The Morgan fingerprint density at radius 3 is 2.23 bits per heavy atom. The molecule has 0 radical (unpaired) electrons. The molecule has 2 aliphatic rings. The molecule has 0 saturated carbocycles. The van der Waals surface area contributed by atoms with Crippen molar-refractivity contribution in [1.29, 1.82) is 0 Å². The zero-order chi connectivity index (χ0) is 26.9. The quantitative estimate of drug-likeness (QED) is 0.363. The van der Waals surface area contributed by atoms with Gasteiger partial charge in [0.25, 0.3) is 0 Å². The predicted octanol–water partition coefficient (Wildman–Crippen LogP) is 4.59. The number of fused-ring (bicyclic) bond motifs is 3. The summed E-state index contributed by atoms with van der Waals surface area (Å²) in [5, 5.41) is 11.3. The number of carbonyl (C=O) groups is 1. The van der Waals surface area contributed by atoms with Crippen LogP contribution in [0.1, 0.15) is 25.3 Å². The molecule has 10 heteroatoms. The summed E-state index contributed by atoms with van der Waals surface area (Å²) in [5.41, 5.74) is 4.32. The number of nitrogens with one attached hydrogen (secondary N) is 2. The summed E-state index contributed by atoms with van der Waals surface area (Å²) in [6.07, 6.45) is 4.58. The van der Waals surface area contributed by atoms with Crippen LogP contribution in [0.2, 0.25) is 0 Å². The molecule has 202 valence electrons. The molecule has 2 fully saturated rings. The first-order valence-corrected chi connectivity index (χ1v) is 13.5. The van der Waals surface area contributed by atoms with Crippen molar-refractivity contribution >= 4 is 34.3 Å². The molecule has 4 aromatic rings. The summed E-state index contributed by atoms with van der Waals surface area (Å²) in [7, 11) is 4.06. The first-order chi connectivity index (χ1) is 18.9. The normalized spacial score (nSPS) is 18.6. The van der Waals surface area contributed by atoms with Crippen molar-refractivity contribution < 1.29 is 9.53 Å². The van der Waals surface area contributed by atoms with E-state index in [1.165, 1.54) is 5.56 Å². The van der Waals surface area contributed by atoms with E-state index in [1.54, 1.807) is 0 Å². The van der Waals surface area contributed by atoms with Crippen LogP contribution in [0.5, 0.6) is 0 Å². The standard InChI is InChI=1S/C29H34N8O2/c1-4-37-28-25(15-30-37)27(36-17-23-13-14-24(18-36)39-23)33-26(34-28)20-7-11-22(12-8-20)32-29(38)31-21-9-5-19(6-10-21)16-35(2)3/h5-12,15,23-24H,4,13-14,16-18H2,1-3H3,(H2,31,32,38). The van der Waals surface area contributed by atoms with Gasteiger partial charge in [-0.2, -0.15) is 5.10 Å². The molecule has 6 rings (SSSR count). The van der Waals surface area contributed by atoms with Crippen LogP contribution >= 0.6 is 0 Å². The highest BCUT2D eigenvalue weighted by Crippen LogP contribution is 2.33. The summed E-state index contributed by atoms with van der Waals surface area (Å²) in [4.78, 5) is 26.9. The molecular weight excluding hydrogens is 492 g/mol. The summed E-state index contributed by atoms with van der Waals surface area (Å²) in [6.45, 7) is 5.30. The van der Waals surface area contributed by atoms with Crippen LogP contribution in [0.4, 0.5) is 22.0 Å². The maximum atomic E-state index is 12.6. The Hall–Kier alpha value is -4.02. The molecule has 2 unspecified atom stereocenters. The zero-order valence-electron chi connectivity index (χ0n) is 22.6. The number of hydrogen-bond acceptors (Lipinski definition) is 7. The van der Waals surface area contributed by atoms with Crippen LogP contribution in [0.15, 0.2) is 54.7 Å². The zero-order valence-corrected chi connectivity index (χ0v) is 22.6. The van der Waals surface area contributed by atoms with E-state index in [1.807, 2.05) is 73.5 Å². The highest BCUT2D eigenvalue weighted by atomic mass is 16.5. The number of aromatic nitrogens is 4. The molecule has 0 spiro atoms. The first-order valence-electron chi connectivity index (χ1n) is 13.5. The summed E-state index contributed by atoms with van der Waals surface area (Å²) in [5.74, 6) is 1.55. The number of hydrogen-bond donors (Lipinski definition) is 2. The molecule has 2 bridgehead atoms. The summed E-state index contributed by atoms with van der Waals surface area (Å²) < 4.78 is 7.97. The SMILES string of the molecule is CCn1ncc2c(N3CC4CCC(C3)O4)nc(-c3ccc(NC(=O)Nc4ccc(CN(C)C)cc4)cc3)nc21. The third-order valence-corrected chi connectivity index (χ3v) is 7.23. The third-order valence-electron chi connectivity index (χ3n) is 7.23. The Labute approximate surface area is 228 Å². The molecule has 2 amide bonds. The van der Waals surface area contributed by atoms with E-state index < -0.39 is 0 Å². The Morgan fingerprint density at radius 1 is 0.974 bits per heavy atom. The van der Waals surface area contributed by atoms with E-state index in [2.05, 4.69) is 32.5 Å². The van der Waals surface area contributed by atoms with E-state index in [4.69, 9.17) is 14.7 Å². The smallest absolute Gasteiger partial charge is 0.323 e.